The summed E-state index contributed by atoms with van der Waals surface area (Å²) in [5, 5.41) is 0. The van der Waals surface area contributed by atoms with E-state index in [1.165, 1.54) is 50.2 Å². The molecule has 2 aliphatic heterocycles. The van der Waals surface area contributed by atoms with Gasteiger partial charge in [0.25, 0.3) is 0 Å². The molecule has 2 aromatic heterocycles. The topological polar surface area (TPSA) is 32.3 Å². The first-order valence-corrected chi connectivity index (χ1v) is 9.18. The molecule has 28 heavy (non-hydrogen) atoms. The van der Waals surface area contributed by atoms with Crippen LogP contribution in [0.2, 0.25) is 0 Å². The van der Waals surface area contributed by atoms with Crippen molar-refractivity contribution in [1.82, 2.24) is 19.8 Å². The van der Waals surface area contributed by atoms with Crippen LogP contribution < -0.4 is 0 Å². The minimum atomic E-state index is 0. The lowest BCUT2D eigenvalue weighted by molar-refractivity contribution is 0.122. The number of likely N-dealkylation sites (tertiary alicyclic amines) is 2. The molecule has 4 rings (SSSR count). The van der Waals surface area contributed by atoms with Crippen LogP contribution in [-0.4, -0.2) is 44.9 Å². The third-order valence-electron chi connectivity index (χ3n) is 5.46. The fraction of sp³-hybridized carbons (Fsp3) is 0.500. The maximum absolute atomic E-state index is 4.52. The molecule has 0 aliphatic carbocycles. The van der Waals surface area contributed by atoms with Crippen LogP contribution in [0, 0.1) is 0 Å². The Bertz CT molecular complexity index is 590. The number of rotatable bonds is 5. The normalized spacial score (nSPS) is 21.7. The highest BCUT2D eigenvalue weighted by Crippen LogP contribution is 2.31. The van der Waals surface area contributed by atoms with Gasteiger partial charge < -0.3 is 0 Å². The van der Waals surface area contributed by atoms with Crippen LogP contribution in [0.25, 0.3) is 0 Å². The zero-order chi connectivity index (χ0) is 16.2. The van der Waals surface area contributed by atoms with E-state index in [2.05, 4.69) is 44.0 Å². The van der Waals surface area contributed by atoms with Crippen molar-refractivity contribution in [2.45, 2.75) is 50.9 Å². The average Bonchev–Trinajstić information content (AvgIpc) is 3.26. The van der Waals surface area contributed by atoms with Crippen LogP contribution in [0.4, 0.5) is 0 Å². The van der Waals surface area contributed by atoms with E-state index in [-0.39, 0.29) is 49.6 Å². The molecule has 0 bridgehead atoms. The minimum absolute atomic E-state index is 0. The molecule has 2 aliphatic rings. The van der Waals surface area contributed by atoms with Gasteiger partial charge in [0.05, 0.1) is 11.4 Å². The molecule has 0 radical (unpaired) electrons. The second-order valence-corrected chi connectivity index (χ2v) is 7.00. The van der Waals surface area contributed by atoms with Gasteiger partial charge >= 0.3 is 0 Å². The third kappa shape index (κ3) is 6.72. The number of aromatic nitrogens is 2. The Hall–Kier alpha value is -0.620. The minimum Gasteiger partial charge on any atom is -0.293 e. The SMILES string of the molecule is Cl.Cl.Cl.Cl.c1ccc(CN2CCCC2C2CCCN2Cc2ccccn2)nc1. The summed E-state index contributed by atoms with van der Waals surface area (Å²) in [6.07, 6.45) is 9.07. The van der Waals surface area contributed by atoms with Crippen molar-refractivity contribution in [2.75, 3.05) is 13.1 Å². The van der Waals surface area contributed by atoms with Gasteiger partial charge in [-0.15, -0.1) is 49.6 Å². The summed E-state index contributed by atoms with van der Waals surface area (Å²) in [6, 6.07) is 13.8. The van der Waals surface area contributed by atoms with Gasteiger partial charge in [-0.25, -0.2) is 0 Å². The molecule has 2 unspecified atom stereocenters. The zero-order valence-electron chi connectivity index (χ0n) is 15.9. The maximum atomic E-state index is 4.52. The van der Waals surface area contributed by atoms with Gasteiger partial charge in [-0.3, -0.25) is 19.8 Å². The molecular weight excluding hydrogens is 438 g/mol. The zero-order valence-corrected chi connectivity index (χ0v) is 19.1. The van der Waals surface area contributed by atoms with Gasteiger partial charge in [-0.1, -0.05) is 12.1 Å². The molecular formula is C20H30Cl4N4. The third-order valence-corrected chi connectivity index (χ3v) is 5.46. The molecule has 2 aromatic rings. The lowest BCUT2D eigenvalue weighted by Gasteiger charge is -2.34. The smallest absolute Gasteiger partial charge is 0.0544 e. The van der Waals surface area contributed by atoms with E-state index in [0.29, 0.717) is 12.1 Å². The molecule has 4 nitrogen and oxygen atoms in total. The van der Waals surface area contributed by atoms with Gasteiger partial charge in [0.1, 0.15) is 0 Å². The van der Waals surface area contributed by atoms with E-state index in [0.717, 1.165) is 13.1 Å². The molecule has 0 aromatic carbocycles. The van der Waals surface area contributed by atoms with Crippen molar-refractivity contribution in [2.24, 2.45) is 0 Å². The van der Waals surface area contributed by atoms with E-state index >= 15 is 0 Å². The first-order chi connectivity index (χ1) is 11.9. The largest absolute Gasteiger partial charge is 0.293 e. The van der Waals surface area contributed by atoms with E-state index < -0.39 is 0 Å². The van der Waals surface area contributed by atoms with E-state index in [1.54, 1.807) is 0 Å². The van der Waals surface area contributed by atoms with Crippen molar-refractivity contribution in [3.63, 3.8) is 0 Å². The van der Waals surface area contributed by atoms with Crippen LogP contribution in [-0.2, 0) is 13.1 Å². The molecule has 2 fully saturated rings. The molecule has 2 atom stereocenters. The quantitative estimate of drug-likeness (QED) is 0.632. The summed E-state index contributed by atoms with van der Waals surface area (Å²) in [5.41, 5.74) is 2.39. The molecule has 158 valence electrons. The highest BCUT2D eigenvalue weighted by molar-refractivity contribution is 5.86. The Balaban J connectivity index is 0.00000182. The fourth-order valence-electron chi connectivity index (χ4n) is 4.37. The van der Waals surface area contributed by atoms with E-state index in [4.69, 9.17) is 0 Å². The number of hydrogen-bond acceptors (Lipinski definition) is 4. The van der Waals surface area contributed by atoms with Crippen molar-refractivity contribution >= 4 is 49.6 Å². The Labute approximate surface area is 193 Å². The highest BCUT2D eigenvalue weighted by Gasteiger charge is 2.37. The summed E-state index contributed by atoms with van der Waals surface area (Å²) >= 11 is 0. The maximum Gasteiger partial charge on any atom is 0.0544 e. The number of pyridine rings is 2. The predicted octanol–water partition coefficient (Wildman–Crippen LogP) is 4.79. The molecule has 8 heteroatoms. The Morgan fingerprint density at radius 2 is 1.11 bits per heavy atom. The number of hydrogen-bond donors (Lipinski definition) is 0. The molecule has 0 saturated carbocycles. The van der Waals surface area contributed by atoms with Gasteiger partial charge in [0.15, 0.2) is 0 Å². The van der Waals surface area contributed by atoms with Crippen molar-refractivity contribution in [1.29, 1.82) is 0 Å². The predicted molar refractivity (Wildman–Crippen MR) is 124 cm³/mol. The highest BCUT2D eigenvalue weighted by atomic mass is 35.5. The summed E-state index contributed by atoms with van der Waals surface area (Å²) in [6.45, 7) is 4.38. The molecule has 2 saturated heterocycles. The fourth-order valence-corrected chi connectivity index (χ4v) is 4.37. The van der Waals surface area contributed by atoms with Crippen LogP contribution in [0.5, 0.6) is 0 Å². The lowest BCUT2D eigenvalue weighted by Crippen LogP contribution is -2.45. The molecule has 0 amide bonds. The van der Waals surface area contributed by atoms with Gasteiger partial charge in [0, 0.05) is 37.6 Å². The van der Waals surface area contributed by atoms with E-state index in [1.807, 2.05) is 24.5 Å². The molecule has 4 heterocycles. The summed E-state index contributed by atoms with van der Waals surface area (Å²) in [5.74, 6) is 0. The van der Waals surface area contributed by atoms with Gasteiger partial charge in [-0.05, 0) is 63.0 Å². The molecule has 0 spiro atoms. The van der Waals surface area contributed by atoms with Gasteiger partial charge in [-0.2, -0.15) is 0 Å². The van der Waals surface area contributed by atoms with Crippen LogP contribution in [0.3, 0.4) is 0 Å². The Morgan fingerprint density at radius 1 is 0.679 bits per heavy atom. The summed E-state index contributed by atoms with van der Waals surface area (Å²) in [4.78, 5) is 14.4. The Morgan fingerprint density at radius 3 is 1.46 bits per heavy atom. The summed E-state index contributed by atoms with van der Waals surface area (Å²) < 4.78 is 0. The second kappa shape index (κ2) is 13.6. The molecule has 0 N–H and O–H groups in total. The Kier molecular flexibility index (Phi) is 13.3. The van der Waals surface area contributed by atoms with Crippen LogP contribution in [0.1, 0.15) is 37.1 Å². The van der Waals surface area contributed by atoms with Crippen molar-refractivity contribution < 1.29 is 0 Å². The number of nitrogens with zero attached hydrogens (tertiary/aromatic N) is 4. The summed E-state index contributed by atoms with van der Waals surface area (Å²) in [7, 11) is 0. The lowest BCUT2D eigenvalue weighted by atomic mass is 10.0. The number of halogens is 4. The van der Waals surface area contributed by atoms with Crippen molar-refractivity contribution in [3.05, 3.63) is 60.2 Å². The first kappa shape index (κ1) is 27.4. The van der Waals surface area contributed by atoms with Crippen molar-refractivity contribution in [3.8, 4) is 0 Å². The average molecular weight is 468 g/mol. The first-order valence-electron chi connectivity index (χ1n) is 9.18. The monoisotopic (exact) mass is 466 g/mol. The van der Waals surface area contributed by atoms with Gasteiger partial charge in [0.2, 0.25) is 0 Å². The van der Waals surface area contributed by atoms with Crippen LogP contribution >= 0.6 is 49.6 Å². The standard InChI is InChI=1S/C20H26N4.4ClH/c1-3-11-21-17(7-1)15-23-13-5-9-19(23)20-10-6-14-24(20)16-18-8-2-4-12-22-18;;;;/h1-4,7-8,11-12,19-20H,5-6,9-10,13-16H2;4*1H. The van der Waals surface area contributed by atoms with E-state index in [9.17, 15) is 0 Å². The second-order valence-electron chi connectivity index (χ2n) is 7.00. The van der Waals surface area contributed by atoms with Crippen LogP contribution in [0.15, 0.2) is 48.8 Å².